The third-order valence-corrected chi connectivity index (χ3v) is 13.2. The van der Waals surface area contributed by atoms with E-state index in [1.54, 1.807) is 32.2 Å². The molecule has 0 radical (unpaired) electrons. The summed E-state index contributed by atoms with van der Waals surface area (Å²) in [6.07, 6.45) is 10.7. The highest BCUT2D eigenvalue weighted by atomic mass is 127. The standard InChI is InChI=1S/C42H49IN2O7/c1-41(40(48)51-24-29-11-7-10-26-9-5-6-12-31(26)29)19-15-30(16-20-41)52-35-22-32(34(49-3)23-33(35)43)39(47)45(2)37-28-14-13-27(21-28)36(37)38(46)44-25-42(50-4)17-8-18-42/h5-7,9-14,22-23,27-28,30,36-37H,8,15-21,24-25H2,1-4H3,(H,44,46)/t27-,28+,30-,36+,37-,41+/m1/s1. The van der Waals surface area contributed by atoms with Gasteiger partial charge >= 0.3 is 5.97 Å². The molecule has 4 aliphatic rings. The molecule has 9 nitrogen and oxygen atoms in total. The highest BCUT2D eigenvalue weighted by molar-refractivity contribution is 14.1. The number of methoxy groups -OCH3 is 2. The topological polar surface area (TPSA) is 103 Å². The molecule has 7 rings (SSSR count). The van der Waals surface area contributed by atoms with E-state index in [4.69, 9.17) is 18.9 Å². The Labute approximate surface area is 319 Å². The van der Waals surface area contributed by atoms with E-state index >= 15 is 0 Å². The van der Waals surface area contributed by atoms with Crippen molar-refractivity contribution in [3.63, 3.8) is 0 Å². The molecular formula is C42H49IN2O7. The Balaban J connectivity index is 0.998. The summed E-state index contributed by atoms with van der Waals surface area (Å²) in [7, 11) is 5.07. The van der Waals surface area contributed by atoms with Gasteiger partial charge in [0.2, 0.25) is 5.91 Å². The van der Waals surface area contributed by atoms with Crippen molar-refractivity contribution in [2.24, 2.45) is 23.2 Å². The van der Waals surface area contributed by atoms with Crippen LogP contribution in [0.15, 0.2) is 66.7 Å². The van der Waals surface area contributed by atoms with Crippen molar-refractivity contribution < 1.29 is 33.3 Å². The molecule has 0 unspecified atom stereocenters. The monoisotopic (exact) mass is 820 g/mol. The Kier molecular flexibility index (Phi) is 10.6. The lowest BCUT2D eigenvalue weighted by molar-refractivity contribution is -0.159. The van der Waals surface area contributed by atoms with Gasteiger partial charge < -0.3 is 29.2 Å². The van der Waals surface area contributed by atoms with Crippen LogP contribution in [0.5, 0.6) is 11.5 Å². The molecule has 10 heteroatoms. The molecule has 4 atom stereocenters. The van der Waals surface area contributed by atoms with Gasteiger partial charge in [-0.05, 0) is 121 Å². The number of halogens is 1. The van der Waals surface area contributed by atoms with Gasteiger partial charge in [0.1, 0.15) is 18.1 Å². The van der Waals surface area contributed by atoms with Gasteiger partial charge in [0.05, 0.1) is 45.3 Å². The van der Waals surface area contributed by atoms with Crippen molar-refractivity contribution in [3.05, 3.63) is 81.4 Å². The Morgan fingerprint density at radius 2 is 1.67 bits per heavy atom. The van der Waals surface area contributed by atoms with Gasteiger partial charge in [-0.25, -0.2) is 0 Å². The first-order chi connectivity index (χ1) is 25.0. The van der Waals surface area contributed by atoms with Gasteiger partial charge in [0.25, 0.3) is 5.91 Å². The average Bonchev–Trinajstić information content (AvgIpc) is 3.77. The Hall–Kier alpha value is -3.64. The summed E-state index contributed by atoms with van der Waals surface area (Å²) in [5, 5.41) is 5.39. The number of hydrogen-bond acceptors (Lipinski definition) is 7. The maximum absolute atomic E-state index is 14.3. The first kappa shape index (κ1) is 36.7. The number of benzene rings is 3. The van der Waals surface area contributed by atoms with E-state index in [1.165, 1.54) is 0 Å². The van der Waals surface area contributed by atoms with Gasteiger partial charge in [0.15, 0.2) is 0 Å². The quantitative estimate of drug-likeness (QED) is 0.115. The normalized spacial score (nSPS) is 27.1. The average molecular weight is 821 g/mol. The van der Waals surface area contributed by atoms with Crippen LogP contribution in [-0.4, -0.2) is 68.2 Å². The predicted molar refractivity (Wildman–Crippen MR) is 207 cm³/mol. The Morgan fingerprint density at radius 3 is 2.38 bits per heavy atom. The fraction of sp³-hybridized carbons (Fsp3) is 0.500. The minimum atomic E-state index is -0.596. The molecule has 3 aromatic rings. The second kappa shape index (κ2) is 15.0. The summed E-state index contributed by atoms with van der Waals surface area (Å²) in [6.45, 7) is 2.71. The van der Waals surface area contributed by atoms with E-state index in [0.29, 0.717) is 49.3 Å². The van der Waals surface area contributed by atoms with Crippen LogP contribution in [0.25, 0.3) is 10.8 Å². The lowest BCUT2D eigenvalue weighted by Gasteiger charge is -2.41. The molecule has 0 aliphatic heterocycles. The molecule has 3 saturated carbocycles. The van der Waals surface area contributed by atoms with Gasteiger partial charge in [-0.2, -0.15) is 0 Å². The number of carbonyl (C=O) groups is 3. The van der Waals surface area contributed by atoms with Crippen LogP contribution in [0.4, 0.5) is 0 Å². The summed E-state index contributed by atoms with van der Waals surface area (Å²) >= 11 is 2.22. The smallest absolute Gasteiger partial charge is 0.312 e. The minimum Gasteiger partial charge on any atom is -0.496 e. The SMILES string of the molecule is COc1cc(I)c(O[C@H]2CC[C@@](C)(C(=O)OCc3cccc4ccccc34)CC2)cc1C(=O)N(C)[C@H]1[C@@H](C(=O)NCC2(OC)CCC2)[C@@H]2C=C[C@H]1C2. The summed E-state index contributed by atoms with van der Waals surface area (Å²) in [5.41, 5.74) is 0.527. The summed E-state index contributed by atoms with van der Waals surface area (Å²) < 4.78 is 24.7. The summed E-state index contributed by atoms with van der Waals surface area (Å²) in [4.78, 5) is 43.1. The van der Waals surface area contributed by atoms with E-state index in [0.717, 1.165) is 45.6 Å². The van der Waals surface area contributed by atoms with Gasteiger partial charge in [-0.15, -0.1) is 0 Å². The molecule has 276 valence electrons. The number of rotatable bonds is 12. The minimum absolute atomic E-state index is 0.0230. The zero-order valence-corrected chi connectivity index (χ0v) is 32.6. The van der Waals surface area contributed by atoms with Crippen molar-refractivity contribution in [2.75, 3.05) is 27.8 Å². The van der Waals surface area contributed by atoms with Crippen LogP contribution in [0.3, 0.4) is 0 Å². The van der Waals surface area contributed by atoms with Crippen LogP contribution in [-0.2, 0) is 25.7 Å². The van der Waals surface area contributed by atoms with E-state index in [2.05, 4.69) is 58.3 Å². The molecule has 0 spiro atoms. The van der Waals surface area contributed by atoms with Crippen molar-refractivity contribution in [2.45, 2.75) is 82.6 Å². The molecule has 3 fully saturated rings. The van der Waals surface area contributed by atoms with Crippen molar-refractivity contribution in [3.8, 4) is 11.5 Å². The maximum atomic E-state index is 14.3. The second-order valence-electron chi connectivity index (χ2n) is 15.4. The predicted octanol–water partition coefficient (Wildman–Crippen LogP) is 7.47. The molecular weight excluding hydrogens is 771 g/mol. The number of nitrogens with zero attached hydrogens (tertiary/aromatic N) is 1. The number of fused-ring (bicyclic) bond motifs is 3. The van der Waals surface area contributed by atoms with Gasteiger partial charge in [-0.1, -0.05) is 54.6 Å². The van der Waals surface area contributed by atoms with E-state index in [1.807, 2.05) is 37.3 Å². The number of nitrogens with one attached hydrogen (secondary N) is 1. The lowest BCUT2D eigenvalue weighted by Crippen LogP contribution is -2.54. The van der Waals surface area contributed by atoms with Crippen LogP contribution in [0.1, 0.15) is 74.2 Å². The molecule has 52 heavy (non-hydrogen) atoms. The van der Waals surface area contributed by atoms with Crippen LogP contribution in [0, 0.1) is 26.7 Å². The second-order valence-corrected chi connectivity index (χ2v) is 16.6. The van der Waals surface area contributed by atoms with E-state index in [-0.39, 0.29) is 59.9 Å². The molecule has 2 bridgehead atoms. The zero-order valence-electron chi connectivity index (χ0n) is 30.5. The number of hydrogen-bond donors (Lipinski definition) is 1. The van der Waals surface area contributed by atoms with Crippen LogP contribution in [0.2, 0.25) is 0 Å². The van der Waals surface area contributed by atoms with Gasteiger partial charge in [-0.3, -0.25) is 14.4 Å². The fourth-order valence-corrected chi connectivity index (χ4v) is 9.38. The Morgan fingerprint density at radius 1 is 0.942 bits per heavy atom. The number of carbonyl (C=O) groups excluding carboxylic acids is 3. The number of allylic oxidation sites excluding steroid dienone is 1. The Bertz CT molecular complexity index is 1850. The van der Waals surface area contributed by atoms with Crippen molar-refractivity contribution in [1.29, 1.82) is 0 Å². The first-order valence-corrected chi connectivity index (χ1v) is 19.6. The molecule has 1 N–H and O–H groups in total. The largest absolute Gasteiger partial charge is 0.496 e. The van der Waals surface area contributed by atoms with E-state index < -0.39 is 5.41 Å². The first-order valence-electron chi connectivity index (χ1n) is 18.5. The molecule has 0 heterocycles. The zero-order chi connectivity index (χ0) is 36.6. The van der Waals surface area contributed by atoms with Crippen LogP contribution >= 0.6 is 22.6 Å². The number of esters is 1. The fourth-order valence-electron chi connectivity index (χ4n) is 8.82. The number of ether oxygens (including phenoxy) is 4. The lowest BCUT2D eigenvalue weighted by atomic mass is 9.74. The third kappa shape index (κ3) is 7.05. The molecule has 3 aromatic carbocycles. The summed E-state index contributed by atoms with van der Waals surface area (Å²) in [5.74, 6) is 0.523. The van der Waals surface area contributed by atoms with Crippen molar-refractivity contribution in [1.82, 2.24) is 10.2 Å². The van der Waals surface area contributed by atoms with Gasteiger partial charge in [0, 0.05) is 20.7 Å². The van der Waals surface area contributed by atoms with E-state index in [9.17, 15) is 14.4 Å². The summed E-state index contributed by atoms with van der Waals surface area (Å²) in [6, 6.07) is 17.5. The van der Waals surface area contributed by atoms with Crippen LogP contribution < -0.4 is 14.8 Å². The molecule has 0 saturated heterocycles. The number of amides is 2. The maximum Gasteiger partial charge on any atom is 0.312 e. The molecule has 0 aromatic heterocycles. The highest BCUT2D eigenvalue weighted by Crippen LogP contribution is 2.47. The third-order valence-electron chi connectivity index (χ3n) is 12.3. The molecule has 4 aliphatic carbocycles. The molecule has 2 amide bonds. The highest BCUT2D eigenvalue weighted by Gasteiger charge is 2.51. The van der Waals surface area contributed by atoms with Crippen molar-refractivity contribution >= 4 is 51.1 Å².